The number of thioether (sulfide) groups is 1. The van der Waals surface area contributed by atoms with Crippen LogP contribution in [0.4, 0.5) is 0 Å². The lowest BCUT2D eigenvalue weighted by atomic mass is 9.92. The van der Waals surface area contributed by atoms with Crippen LogP contribution in [-0.2, 0) is 0 Å². The van der Waals surface area contributed by atoms with E-state index in [1.807, 2.05) is 0 Å². The number of rotatable bonds is 4. The highest BCUT2D eigenvalue weighted by Gasteiger charge is 2.30. The van der Waals surface area contributed by atoms with E-state index in [-0.39, 0.29) is 0 Å². The van der Waals surface area contributed by atoms with Crippen molar-refractivity contribution >= 4 is 11.8 Å². The van der Waals surface area contributed by atoms with E-state index in [0.717, 1.165) is 18.0 Å². The Hall–Kier alpha value is 0.270. The molecule has 2 heterocycles. The lowest BCUT2D eigenvalue weighted by Gasteiger charge is -2.40. The van der Waals surface area contributed by atoms with Crippen molar-refractivity contribution in [2.24, 2.45) is 5.92 Å². The molecule has 0 aromatic carbocycles. The monoisotopic (exact) mass is 242 g/mol. The molecule has 0 saturated carbocycles. The Labute approximate surface area is 105 Å². The summed E-state index contributed by atoms with van der Waals surface area (Å²) in [5.74, 6) is 3.58. The first kappa shape index (κ1) is 12.7. The van der Waals surface area contributed by atoms with Crippen LogP contribution in [0.1, 0.15) is 33.1 Å². The molecule has 0 spiro atoms. The third-order valence-electron chi connectivity index (χ3n) is 4.02. The molecule has 3 heteroatoms. The Kier molecular flexibility index (Phi) is 4.98. The van der Waals surface area contributed by atoms with Gasteiger partial charge in [-0.2, -0.15) is 11.8 Å². The second-order valence-electron chi connectivity index (χ2n) is 5.34. The number of likely N-dealkylation sites (tertiary alicyclic amines) is 1. The van der Waals surface area contributed by atoms with Crippen LogP contribution in [0.25, 0.3) is 0 Å². The summed E-state index contributed by atoms with van der Waals surface area (Å²) < 4.78 is 0. The first-order valence-corrected chi connectivity index (χ1v) is 8.02. The predicted octanol–water partition coefficient (Wildman–Crippen LogP) is 2.20. The molecule has 3 atom stereocenters. The van der Waals surface area contributed by atoms with Crippen LogP contribution in [0.15, 0.2) is 0 Å². The summed E-state index contributed by atoms with van der Waals surface area (Å²) in [6.07, 6.45) is 4.03. The Morgan fingerprint density at radius 2 is 2.25 bits per heavy atom. The first-order valence-electron chi connectivity index (χ1n) is 6.86. The van der Waals surface area contributed by atoms with Gasteiger partial charge in [-0.05, 0) is 44.0 Å². The molecular formula is C13H26N2S. The molecule has 0 amide bonds. The predicted molar refractivity (Wildman–Crippen MR) is 73.2 cm³/mol. The lowest BCUT2D eigenvalue weighted by Crippen LogP contribution is -2.51. The summed E-state index contributed by atoms with van der Waals surface area (Å²) in [6, 6.07) is 1.66. The summed E-state index contributed by atoms with van der Waals surface area (Å²) >= 11 is 2.13. The summed E-state index contributed by atoms with van der Waals surface area (Å²) in [7, 11) is 0. The molecule has 2 rings (SSSR count). The van der Waals surface area contributed by atoms with Crippen LogP contribution in [0.3, 0.4) is 0 Å². The van der Waals surface area contributed by atoms with E-state index in [4.69, 9.17) is 0 Å². The van der Waals surface area contributed by atoms with Crippen molar-refractivity contribution in [2.45, 2.75) is 45.2 Å². The largest absolute Gasteiger partial charge is 0.314 e. The second-order valence-corrected chi connectivity index (χ2v) is 6.49. The molecule has 0 bridgehead atoms. The number of nitrogens with zero attached hydrogens (tertiary/aromatic N) is 1. The lowest BCUT2D eigenvalue weighted by molar-refractivity contribution is 0.114. The fourth-order valence-corrected chi connectivity index (χ4v) is 4.21. The van der Waals surface area contributed by atoms with Crippen molar-refractivity contribution in [2.75, 3.05) is 31.1 Å². The highest BCUT2D eigenvalue weighted by atomic mass is 32.2. The summed E-state index contributed by atoms with van der Waals surface area (Å²) in [5, 5.41) is 3.70. The average Bonchev–Trinajstić information content (AvgIpc) is 2.81. The van der Waals surface area contributed by atoms with Crippen LogP contribution < -0.4 is 5.32 Å². The molecule has 2 aliphatic heterocycles. The van der Waals surface area contributed by atoms with E-state index < -0.39 is 0 Å². The molecule has 0 aromatic heterocycles. The minimum absolute atomic E-state index is 0.769. The van der Waals surface area contributed by atoms with Crippen molar-refractivity contribution in [3.05, 3.63) is 0 Å². The Morgan fingerprint density at radius 3 is 2.88 bits per heavy atom. The molecule has 2 fully saturated rings. The topological polar surface area (TPSA) is 15.3 Å². The van der Waals surface area contributed by atoms with Crippen LogP contribution in [0, 0.1) is 5.92 Å². The molecule has 0 radical (unpaired) electrons. The Morgan fingerprint density at radius 1 is 1.38 bits per heavy atom. The van der Waals surface area contributed by atoms with Gasteiger partial charge in [0.25, 0.3) is 0 Å². The van der Waals surface area contributed by atoms with E-state index >= 15 is 0 Å². The number of piperidine rings is 1. The molecular weight excluding hydrogens is 216 g/mol. The fraction of sp³-hybridized carbons (Fsp3) is 1.00. The molecule has 0 aliphatic carbocycles. The van der Waals surface area contributed by atoms with Crippen molar-refractivity contribution in [3.8, 4) is 0 Å². The molecule has 3 unspecified atom stereocenters. The molecule has 2 saturated heterocycles. The van der Waals surface area contributed by atoms with Crippen LogP contribution >= 0.6 is 11.8 Å². The highest BCUT2D eigenvalue weighted by molar-refractivity contribution is 7.99. The van der Waals surface area contributed by atoms with Crippen molar-refractivity contribution < 1.29 is 0 Å². The molecule has 2 nitrogen and oxygen atoms in total. The molecule has 2 aliphatic rings. The van der Waals surface area contributed by atoms with E-state index in [2.05, 4.69) is 35.8 Å². The molecule has 16 heavy (non-hydrogen) atoms. The van der Waals surface area contributed by atoms with Gasteiger partial charge in [0.1, 0.15) is 0 Å². The Balaban J connectivity index is 1.77. The summed E-state index contributed by atoms with van der Waals surface area (Å²) in [6.45, 7) is 8.49. The quantitative estimate of drug-likeness (QED) is 0.814. The summed E-state index contributed by atoms with van der Waals surface area (Å²) in [4.78, 5) is 2.74. The van der Waals surface area contributed by atoms with Crippen molar-refractivity contribution in [1.82, 2.24) is 10.2 Å². The zero-order valence-corrected chi connectivity index (χ0v) is 11.6. The highest BCUT2D eigenvalue weighted by Crippen LogP contribution is 2.26. The van der Waals surface area contributed by atoms with Crippen LogP contribution in [0.5, 0.6) is 0 Å². The molecule has 1 N–H and O–H groups in total. The first-order chi connectivity index (χ1) is 7.81. The minimum Gasteiger partial charge on any atom is -0.314 e. The zero-order chi connectivity index (χ0) is 11.4. The number of hydrogen-bond acceptors (Lipinski definition) is 3. The van der Waals surface area contributed by atoms with Gasteiger partial charge in [0.15, 0.2) is 0 Å². The van der Waals surface area contributed by atoms with Gasteiger partial charge in [0.2, 0.25) is 0 Å². The summed E-state index contributed by atoms with van der Waals surface area (Å²) in [5.41, 5.74) is 0. The third kappa shape index (κ3) is 3.14. The standard InChI is InChI=1S/C13H26N2S/c1-3-6-14-13-4-7-15(9-11(13)2)12-5-8-16-10-12/h11-14H,3-10H2,1-2H3. The fourth-order valence-electron chi connectivity index (χ4n) is 2.95. The van der Waals surface area contributed by atoms with E-state index in [1.165, 1.54) is 50.4 Å². The normalized spacial score (nSPS) is 36.8. The maximum absolute atomic E-state index is 3.70. The maximum Gasteiger partial charge on any atom is 0.0194 e. The van der Waals surface area contributed by atoms with Crippen LogP contribution in [-0.4, -0.2) is 48.1 Å². The SMILES string of the molecule is CCCNC1CCN(C2CCSC2)CC1C. The van der Waals surface area contributed by atoms with Crippen molar-refractivity contribution in [1.29, 1.82) is 0 Å². The van der Waals surface area contributed by atoms with Gasteiger partial charge >= 0.3 is 0 Å². The molecule has 0 aromatic rings. The van der Waals surface area contributed by atoms with Gasteiger partial charge in [0, 0.05) is 24.4 Å². The third-order valence-corrected chi connectivity index (χ3v) is 5.16. The van der Waals surface area contributed by atoms with Crippen LogP contribution in [0.2, 0.25) is 0 Å². The van der Waals surface area contributed by atoms with Gasteiger partial charge in [-0.3, -0.25) is 4.90 Å². The minimum atomic E-state index is 0.769. The van der Waals surface area contributed by atoms with Gasteiger partial charge < -0.3 is 5.32 Å². The van der Waals surface area contributed by atoms with E-state index in [9.17, 15) is 0 Å². The Bertz CT molecular complexity index is 204. The van der Waals surface area contributed by atoms with Gasteiger partial charge in [-0.15, -0.1) is 0 Å². The molecule has 94 valence electrons. The maximum atomic E-state index is 3.70. The number of nitrogens with one attached hydrogen (secondary N) is 1. The van der Waals surface area contributed by atoms with Gasteiger partial charge in [-0.1, -0.05) is 13.8 Å². The van der Waals surface area contributed by atoms with E-state index in [0.29, 0.717) is 0 Å². The van der Waals surface area contributed by atoms with Gasteiger partial charge in [0.05, 0.1) is 0 Å². The smallest absolute Gasteiger partial charge is 0.0194 e. The zero-order valence-electron chi connectivity index (χ0n) is 10.7. The van der Waals surface area contributed by atoms with Gasteiger partial charge in [-0.25, -0.2) is 0 Å². The van der Waals surface area contributed by atoms with Crippen molar-refractivity contribution in [3.63, 3.8) is 0 Å². The average molecular weight is 242 g/mol. The second kappa shape index (κ2) is 6.27. The van der Waals surface area contributed by atoms with E-state index in [1.54, 1.807) is 0 Å². The number of hydrogen-bond donors (Lipinski definition) is 1.